The second-order valence-electron chi connectivity index (χ2n) is 4.31. The first-order valence-electron chi connectivity index (χ1n) is 6.32. The average Bonchev–Trinajstić information content (AvgIpc) is 2.42. The Balaban J connectivity index is 2.00. The van der Waals surface area contributed by atoms with E-state index < -0.39 is 0 Å². The summed E-state index contributed by atoms with van der Waals surface area (Å²) in [6.07, 6.45) is 1.55. The quantitative estimate of drug-likeness (QED) is 0.692. The Kier molecular flexibility index (Phi) is 4.69. The number of nitrogens with zero attached hydrogens (tertiary/aromatic N) is 2. The van der Waals surface area contributed by atoms with Crippen LogP contribution in [0.1, 0.15) is 5.56 Å². The molecule has 5 heteroatoms. The van der Waals surface area contributed by atoms with Gasteiger partial charge in [0.05, 0.1) is 0 Å². The standard InChI is InChI=1S/C14H19N5/c1-11-3-5-12(6-4-11)19-14-9-13(17-10-18-14)16-8-7-15-2/h3-6,9-10,15H,7-8H2,1-2H3,(H2,16,17,18,19). The molecule has 0 aliphatic carbocycles. The lowest BCUT2D eigenvalue weighted by atomic mass is 10.2. The van der Waals surface area contributed by atoms with E-state index in [1.165, 1.54) is 5.56 Å². The van der Waals surface area contributed by atoms with Crippen LogP contribution in [0.3, 0.4) is 0 Å². The van der Waals surface area contributed by atoms with Crippen molar-refractivity contribution >= 4 is 17.3 Å². The third-order valence-electron chi connectivity index (χ3n) is 2.67. The van der Waals surface area contributed by atoms with Gasteiger partial charge in [0, 0.05) is 24.8 Å². The van der Waals surface area contributed by atoms with Gasteiger partial charge in [0.2, 0.25) is 0 Å². The van der Waals surface area contributed by atoms with Crippen LogP contribution >= 0.6 is 0 Å². The van der Waals surface area contributed by atoms with Crippen molar-refractivity contribution in [3.05, 3.63) is 42.2 Å². The zero-order valence-corrected chi connectivity index (χ0v) is 11.3. The van der Waals surface area contributed by atoms with Gasteiger partial charge >= 0.3 is 0 Å². The summed E-state index contributed by atoms with van der Waals surface area (Å²) in [5.74, 6) is 1.60. The van der Waals surface area contributed by atoms with E-state index >= 15 is 0 Å². The predicted molar refractivity (Wildman–Crippen MR) is 78.9 cm³/mol. The Morgan fingerprint density at radius 1 is 1.00 bits per heavy atom. The molecule has 0 atom stereocenters. The smallest absolute Gasteiger partial charge is 0.135 e. The second-order valence-corrected chi connectivity index (χ2v) is 4.31. The highest BCUT2D eigenvalue weighted by Crippen LogP contribution is 2.16. The summed E-state index contributed by atoms with van der Waals surface area (Å²) in [6, 6.07) is 10.1. The normalized spacial score (nSPS) is 10.2. The molecule has 0 saturated carbocycles. The van der Waals surface area contributed by atoms with E-state index in [1.54, 1.807) is 6.33 Å². The fourth-order valence-corrected chi connectivity index (χ4v) is 1.62. The number of hydrogen-bond acceptors (Lipinski definition) is 5. The van der Waals surface area contributed by atoms with Crippen LogP contribution in [0, 0.1) is 6.92 Å². The first-order chi connectivity index (χ1) is 9.28. The van der Waals surface area contributed by atoms with Gasteiger partial charge in [-0.2, -0.15) is 0 Å². The number of rotatable bonds is 6. The highest BCUT2D eigenvalue weighted by molar-refractivity contribution is 5.58. The van der Waals surface area contributed by atoms with Gasteiger partial charge in [-0.25, -0.2) is 9.97 Å². The van der Waals surface area contributed by atoms with Gasteiger partial charge in [-0.05, 0) is 26.1 Å². The number of benzene rings is 1. The lowest BCUT2D eigenvalue weighted by Crippen LogP contribution is -2.18. The Hall–Kier alpha value is -2.14. The van der Waals surface area contributed by atoms with Gasteiger partial charge < -0.3 is 16.0 Å². The molecule has 0 saturated heterocycles. The number of hydrogen-bond donors (Lipinski definition) is 3. The molecule has 3 N–H and O–H groups in total. The molecule has 2 aromatic rings. The van der Waals surface area contributed by atoms with E-state index in [-0.39, 0.29) is 0 Å². The van der Waals surface area contributed by atoms with Gasteiger partial charge in [-0.1, -0.05) is 17.7 Å². The van der Waals surface area contributed by atoms with E-state index in [2.05, 4.69) is 45.0 Å². The van der Waals surface area contributed by atoms with Crippen LogP contribution in [0.4, 0.5) is 17.3 Å². The lowest BCUT2D eigenvalue weighted by molar-refractivity contribution is 0.821. The summed E-state index contributed by atoms with van der Waals surface area (Å²) in [4.78, 5) is 8.38. The van der Waals surface area contributed by atoms with Crippen molar-refractivity contribution in [3.8, 4) is 0 Å². The molecule has 0 aliphatic rings. The summed E-state index contributed by atoms with van der Waals surface area (Å²) in [7, 11) is 1.92. The Labute approximate surface area is 113 Å². The van der Waals surface area contributed by atoms with Crippen LogP contribution in [0.5, 0.6) is 0 Å². The third-order valence-corrected chi connectivity index (χ3v) is 2.67. The summed E-state index contributed by atoms with van der Waals surface area (Å²) in [5, 5.41) is 9.56. The molecule has 1 heterocycles. The number of anilines is 3. The van der Waals surface area contributed by atoms with E-state index in [0.29, 0.717) is 0 Å². The van der Waals surface area contributed by atoms with Crippen LogP contribution in [-0.4, -0.2) is 30.1 Å². The molecule has 1 aromatic heterocycles. The SMILES string of the molecule is CNCCNc1cc(Nc2ccc(C)cc2)ncn1. The molecule has 5 nitrogen and oxygen atoms in total. The summed E-state index contributed by atoms with van der Waals surface area (Å²) < 4.78 is 0. The van der Waals surface area contributed by atoms with E-state index in [1.807, 2.05) is 25.2 Å². The monoisotopic (exact) mass is 257 g/mol. The van der Waals surface area contributed by atoms with Crippen molar-refractivity contribution in [3.63, 3.8) is 0 Å². The molecule has 0 amide bonds. The summed E-state index contributed by atoms with van der Waals surface area (Å²) in [6.45, 7) is 3.79. The summed E-state index contributed by atoms with van der Waals surface area (Å²) >= 11 is 0. The van der Waals surface area contributed by atoms with Crippen LogP contribution < -0.4 is 16.0 Å². The zero-order valence-electron chi connectivity index (χ0n) is 11.3. The van der Waals surface area contributed by atoms with Crippen LogP contribution in [0.25, 0.3) is 0 Å². The number of aromatic nitrogens is 2. The second kappa shape index (κ2) is 6.70. The molecule has 2 rings (SSSR count). The number of likely N-dealkylation sites (N-methyl/N-ethyl adjacent to an activating group) is 1. The molecule has 0 unspecified atom stereocenters. The van der Waals surface area contributed by atoms with Crippen molar-refractivity contribution in [2.24, 2.45) is 0 Å². The van der Waals surface area contributed by atoms with Gasteiger partial charge in [0.15, 0.2) is 0 Å². The van der Waals surface area contributed by atoms with Crippen molar-refractivity contribution in [2.75, 3.05) is 30.8 Å². The minimum Gasteiger partial charge on any atom is -0.369 e. The maximum Gasteiger partial charge on any atom is 0.135 e. The maximum absolute atomic E-state index is 4.21. The molecule has 100 valence electrons. The Bertz CT molecular complexity index is 509. The first-order valence-corrected chi connectivity index (χ1v) is 6.32. The van der Waals surface area contributed by atoms with E-state index in [0.717, 1.165) is 30.4 Å². The number of nitrogens with one attached hydrogen (secondary N) is 3. The van der Waals surface area contributed by atoms with E-state index in [9.17, 15) is 0 Å². The zero-order chi connectivity index (χ0) is 13.5. The average molecular weight is 257 g/mol. The first kappa shape index (κ1) is 13.3. The van der Waals surface area contributed by atoms with E-state index in [4.69, 9.17) is 0 Å². The molecule has 19 heavy (non-hydrogen) atoms. The van der Waals surface area contributed by atoms with Gasteiger partial charge in [-0.3, -0.25) is 0 Å². The van der Waals surface area contributed by atoms with Gasteiger partial charge in [-0.15, -0.1) is 0 Å². The topological polar surface area (TPSA) is 61.9 Å². The molecular formula is C14H19N5. The van der Waals surface area contributed by atoms with Crippen LogP contribution in [-0.2, 0) is 0 Å². The minimum atomic E-state index is 0.783. The molecule has 0 fully saturated rings. The van der Waals surface area contributed by atoms with Crippen LogP contribution in [0.15, 0.2) is 36.7 Å². The van der Waals surface area contributed by atoms with Crippen molar-refractivity contribution in [1.82, 2.24) is 15.3 Å². The van der Waals surface area contributed by atoms with Crippen molar-refractivity contribution in [2.45, 2.75) is 6.92 Å². The largest absolute Gasteiger partial charge is 0.369 e. The highest BCUT2D eigenvalue weighted by atomic mass is 15.1. The fraction of sp³-hybridized carbons (Fsp3) is 0.286. The Morgan fingerprint density at radius 3 is 2.47 bits per heavy atom. The van der Waals surface area contributed by atoms with Crippen molar-refractivity contribution in [1.29, 1.82) is 0 Å². The van der Waals surface area contributed by atoms with Crippen LogP contribution in [0.2, 0.25) is 0 Å². The van der Waals surface area contributed by atoms with Gasteiger partial charge in [0.25, 0.3) is 0 Å². The summed E-state index contributed by atoms with van der Waals surface area (Å²) in [5.41, 5.74) is 2.26. The molecule has 1 aromatic carbocycles. The molecule has 0 spiro atoms. The highest BCUT2D eigenvalue weighted by Gasteiger charge is 1.99. The lowest BCUT2D eigenvalue weighted by Gasteiger charge is -2.08. The fourth-order valence-electron chi connectivity index (χ4n) is 1.62. The molecule has 0 bridgehead atoms. The Morgan fingerprint density at radius 2 is 1.74 bits per heavy atom. The molecular weight excluding hydrogens is 238 g/mol. The molecule has 0 radical (unpaired) electrons. The molecule has 0 aliphatic heterocycles. The minimum absolute atomic E-state index is 0.783. The van der Waals surface area contributed by atoms with Gasteiger partial charge in [0.1, 0.15) is 18.0 Å². The number of aryl methyl sites for hydroxylation is 1. The third kappa shape index (κ3) is 4.22. The maximum atomic E-state index is 4.21. The predicted octanol–water partition coefficient (Wildman–Crippen LogP) is 2.16. The van der Waals surface area contributed by atoms with Crippen molar-refractivity contribution < 1.29 is 0 Å².